The van der Waals surface area contributed by atoms with E-state index >= 15 is 0 Å². The first kappa shape index (κ1) is 17.0. The molecule has 1 aromatic carbocycles. The fraction of sp³-hybridized carbons (Fsp3) is 0.333. The Morgan fingerprint density at radius 3 is 2.60 bits per heavy atom. The van der Waals surface area contributed by atoms with Gasteiger partial charge in [-0.15, -0.1) is 5.10 Å². The summed E-state index contributed by atoms with van der Waals surface area (Å²) in [6, 6.07) is 12.3. The number of tetrazole rings is 1. The number of nitrogens with one attached hydrogen (secondary N) is 1. The first-order valence-corrected chi connectivity index (χ1v) is 8.30. The summed E-state index contributed by atoms with van der Waals surface area (Å²) in [6.45, 7) is 6.82. The van der Waals surface area contributed by atoms with Crippen molar-refractivity contribution in [3.63, 3.8) is 0 Å². The number of pyridine rings is 1. The van der Waals surface area contributed by atoms with Gasteiger partial charge in [-0.25, -0.2) is 9.67 Å². The maximum Gasteiger partial charge on any atom is 0.218 e. The number of aromatic nitrogens is 5. The first-order valence-electron chi connectivity index (χ1n) is 8.30. The lowest BCUT2D eigenvalue weighted by molar-refractivity contribution is 0.229. The van der Waals surface area contributed by atoms with Crippen LogP contribution in [0.4, 0.5) is 0 Å². The lowest BCUT2D eigenvalue weighted by Gasteiger charge is -2.17. The minimum absolute atomic E-state index is 0.102. The highest BCUT2D eigenvalue weighted by Crippen LogP contribution is 2.19. The van der Waals surface area contributed by atoms with E-state index in [0.717, 1.165) is 11.3 Å². The highest BCUT2D eigenvalue weighted by molar-refractivity contribution is 5.34. The molecule has 0 aliphatic heterocycles. The zero-order chi connectivity index (χ0) is 17.6. The standard InChI is InChI=1S/C18H22N6O/c1-13(2)25-18-16(5-4-10-19-18)11-20-14(3)15-6-8-17(9-7-15)24-12-21-22-23-24/h4-10,12-14,20H,11H2,1-3H3/t14-/m0/s1. The van der Waals surface area contributed by atoms with Crippen molar-refractivity contribution in [1.29, 1.82) is 0 Å². The van der Waals surface area contributed by atoms with Crippen LogP contribution in [-0.2, 0) is 6.54 Å². The second kappa shape index (κ2) is 7.85. The molecular weight excluding hydrogens is 316 g/mol. The molecule has 0 spiro atoms. The van der Waals surface area contributed by atoms with Crippen LogP contribution in [0.15, 0.2) is 48.9 Å². The number of ether oxygens (including phenoxy) is 1. The number of rotatable bonds is 7. The van der Waals surface area contributed by atoms with Gasteiger partial charge in [0.05, 0.1) is 11.8 Å². The Morgan fingerprint density at radius 2 is 1.92 bits per heavy atom. The molecule has 0 bridgehead atoms. The third kappa shape index (κ3) is 4.39. The van der Waals surface area contributed by atoms with Gasteiger partial charge in [-0.1, -0.05) is 18.2 Å². The van der Waals surface area contributed by atoms with Gasteiger partial charge < -0.3 is 10.1 Å². The molecule has 7 heteroatoms. The van der Waals surface area contributed by atoms with Crippen molar-refractivity contribution >= 4 is 0 Å². The lowest BCUT2D eigenvalue weighted by Crippen LogP contribution is -2.19. The molecule has 0 unspecified atom stereocenters. The monoisotopic (exact) mass is 338 g/mol. The maximum absolute atomic E-state index is 5.77. The molecule has 25 heavy (non-hydrogen) atoms. The highest BCUT2D eigenvalue weighted by Gasteiger charge is 2.10. The van der Waals surface area contributed by atoms with E-state index in [1.807, 2.05) is 38.1 Å². The maximum atomic E-state index is 5.77. The number of benzene rings is 1. The SMILES string of the molecule is CC(C)Oc1ncccc1CN[C@@H](C)c1ccc(-n2cnnn2)cc1. The molecule has 0 saturated heterocycles. The fourth-order valence-electron chi connectivity index (χ4n) is 2.46. The van der Waals surface area contributed by atoms with E-state index in [2.05, 4.69) is 44.9 Å². The summed E-state index contributed by atoms with van der Waals surface area (Å²) in [4.78, 5) is 4.33. The topological polar surface area (TPSA) is 77.8 Å². The van der Waals surface area contributed by atoms with E-state index in [9.17, 15) is 0 Å². The molecule has 0 radical (unpaired) electrons. The predicted octanol–water partition coefficient (Wildman–Crippen LogP) is 2.70. The molecule has 1 N–H and O–H groups in total. The van der Waals surface area contributed by atoms with Gasteiger partial charge in [0.25, 0.3) is 0 Å². The van der Waals surface area contributed by atoms with Crippen molar-refractivity contribution < 1.29 is 4.74 Å². The van der Waals surface area contributed by atoms with Crippen LogP contribution in [-0.4, -0.2) is 31.3 Å². The predicted molar refractivity (Wildman–Crippen MR) is 94.4 cm³/mol. The Balaban J connectivity index is 1.64. The van der Waals surface area contributed by atoms with Crippen LogP contribution in [0.1, 0.15) is 37.9 Å². The Hall–Kier alpha value is -2.80. The van der Waals surface area contributed by atoms with E-state index < -0.39 is 0 Å². The number of hydrogen-bond acceptors (Lipinski definition) is 6. The Labute approximate surface area is 147 Å². The van der Waals surface area contributed by atoms with Crippen LogP contribution in [0.5, 0.6) is 5.88 Å². The highest BCUT2D eigenvalue weighted by atomic mass is 16.5. The Kier molecular flexibility index (Phi) is 5.35. The average Bonchev–Trinajstić information content (AvgIpc) is 3.15. The van der Waals surface area contributed by atoms with Crippen molar-refractivity contribution in [2.24, 2.45) is 0 Å². The summed E-state index contributed by atoms with van der Waals surface area (Å²) in [5.41, 5.74) is 3.17. The molecule has 3 rings (SSSR count). The summed E-state index contributed by atoms with van der Waals surface area (Å²) in [5, 5.41) is 14.7. The fourth-order valence-corrected chi connectivity index (χ4v) is 2.46. The zero-order valence-electron chi connectivity index (χ0n) is 14.6. The van der Waals surface area contributed by atoms with Gasteiger partial charge in [-0.2, -0.15) is 0 Å². The minimum atomic E-state index is 0.102. The average molecular weight is 338 g/mol. The van der Waals surface area contributed by atoms with Crippen LogP contribution in [0.2, 0.25) is 0 Å². The molecule has 0 aliphatic rings. The second-order valence-corrected chi connectivity index (χ2v) is 6.08. The van der Waals surface area contributed by atoms with Gasteiger partial charge in [0, 0.05) is 24.3 Å². The summed E-state index contributed by atoms with van der Waals surface area (Å²) in [6.07, 6.45) is 3.43. The molecule has 7 nitrogen and oxygen atoms in total. The van der Waals surface area contributed by atoms with Crippen molar-refractivity contribution in [1.82, 2.24) is 30.5 Å². The van der Waals surface area contributed by atoms with Gasteiger partial charge in [-0.05, 0) is 55.0 Å². The molecule has 0 amide bonds. The van der Waals surface area contributed by atoms with E-state index in [4.69, 9.17) is 4.74 Å². The van der Waals surface area contributed by atoms with E-state index in [1.165, 1.54) is 5.56 Å². The summed E-state index contributed by atoms with van der Waals surface area (Å²) < 4.78 is 7.40. The second-order valence-electron chi connectivity index (χ2n) is 6.08. The smallest absolute Gasteiger partial charge is 0.218 e. The normalized spacial score (nSPS) is 12.3. The van der Waals surface area contributed by atoms with Gasteiger partial charge in [0.1, 0.15) is 6.33 Å². The van der Waals surface area contributed by atoms with Gasteiger partial charge in [-0.3, -0.25) is 0 Å². The van der Waals surface area contributed by atoms with Gasteiger partial charge in [0.2, 0.25) is 5.88 Å². The summed E-state index contributed by atoms with van der Waals surface area (Å²) in [7, 11) is 0. The number of nitrogens with zero attached hydrogens (tertiary/aromatic N) is 5. The molecule has 0 aliphatic carbocycles. The zero-order valence-corrected chi connectivity index (χ0v) is 14.6. The van der Waals surface area contributed by atoms with Crippen LogP contribution < -0.4 is 10.1 Å². The molecule has 2 aromatic heterocycles. The third-order valence-corrected chi connectivity index (χ3v) is 3.80. The van der Waals surface area contributed by atoms with E-state index in [0.29, 0.717) is 12.4 Å². The Bertz CT molecular complexity index is 786. The molecule has 1 atom stereocenters. The van der Waals surface area contributed by atoms with Crippen LogP contribution in [0.25, 0.3) is 5.69 Å². The minimum Gasteiger partial charge on any atom is -0.475 e. The van der Waals surface area contributed by atoms with Crippen molar-refractivity contribution in [2.75, 3.05) is 0 Å². The molecule has 3 aromatic rings. The van der Waals surface area contributed by atoms with Gasteiger partial charge in [0.15, 0.2) is 0 Å². The molecule has 130 valence electrons. The molecule has 2 heterocycles. The quantitative estimate of drug-likeness (QED) is 0.714. The van der Waals surface area contributed by atoms with Crippen LogP contribution in [0.3, 0.4) is 0 Å². The van der Waals surface area contributed by atoms with Crippen molar-refractivity contribution in [3.05, 3.63) is 60.0 Å². The Morgan fingerprint density at radius 1 is 1.12 bits per heavy atom. The van der Waals surface area contributed by atoms with Crippen LogP contribution in [0, 0.1) is 0 Å². The van der Waals surface area contributed by atoms with Gasteiger partial charge >= 0.3 is 0 Å². The first-order chi connectivity index (χ1) is 12.1. The lowest BCUT2D eigenvalue weighted by atomic mass is 10.1. The van der Waals surface area contributed by atoms with Crippen molar-refractivity contribution in [2.45, 2.75) is 39.5 Å². The molecular formula is C18H22N6O. The largest absolute Gasteiger partial charge is 0.475 e. The van der Waals surface area contributed by atoms with Crippen LogP contribution >= 0.6 is 0 Å². The summed E-state index contributed by atoms with van der Waals surface area (Å²) in [5.74, 6) is 0.686. The number of hydrogen-bond donors (Lipinski definition) is 1. The molecule has 0 saturated carbocycles. The van der Waals surface area contributed by atoms with E-state index in [1.54, 1.807) is 17.2 Å². The molecule has 0 fully saturated rings. The summed E-state index contributed by atoms with van der Waals surface area (Å²) >= 11 is 0. The van der Waals surface area contributed by atoms with E-state index in [-0.39, 0.29) is 12.1 Å². The third-order valence-electron chi connectivity index (χ3n) is 3.80. The van der Waals surface area contributed by atoms with Crippen molar-refractivity contribution in [3.8, 4) is 11.6 Å².